The fraction of sp³-hybridized carbons (Fsp3) is 0.545. The highest BCUT2D eigenvalue weighted by Gasteiger charge is 2.31. The molecule has 9 heteroatoms. The number of benzene rings is 1. The number of aromatic nitrogens is 2. The van der Waals surface area contributed by atoms with E-state index in [4.69, 9.17) is 9.47 Å². The average Bonchev–Trinajstić information content (AvgIpc) is 3.29. The molecule has 0 bridgehead atoms. The van der Waals surface area contributed by atoms with E-state index in [1.165, 1.54) is 0 Å². The SMILES string of the molecule is CC(C)(C)OC(=O)N1CCC(Oc2c(C#N)ccc3cn[nH]c23)C1.CC(C)(C)OC=O. The van der Waals surface area contributed by atoms with Crippen molar-refractivity contribution in [3.8, 4) is 11.8 Å². The first-order chi connectivity index (χ1) is 14.4. The minimum absolute atomic E-state index is 0.182. The number of aromatic amines is 1. The lowest BCUT2D eigenvalue weighted by molar-refractivity contribution is -0.138. The fourth-order valence-electron chi connectivity index (χ4n) is 2.83. The maximum Gasteiger partial charge on any atom is 0.410 e. The van der Waals surface area contributed by atoms with Gasteiger partial charge in [0.05, 0.1) is 18.3 Å². The molecule has 2 aromatic rings. The molecule has 31 heavy (non-hydrogen) atoms. The molecule has 3 rings (SSSR count). The number of amides is 1. The molecule has 1 aromatic carbocycles. The number of hydrogen-bond donors (Lipinski definition) is 1. The van der Waals surface area contributed by atoms with E-state index in [-0.39, 0.29) is 17.8 Å². The predicted octanol–water partition coefficient (Wildman–Crippen LogP) is 3.78. The van der Waals surface area contributed by atoms with Crippen LogP contribution >= 0.6 is 0 Å². The Morgan fingerprint density at radius 3 is 2.52 bits per heavy atom. The first kappa shape index (κ1) is 24.0. The molecule has 0 saturated carbocycles. The Kier molecular flexibility index (Phi) is 7.50. The molecule has 1 aliphatic rings. The van der Waals surface area contributed by atoms with Crippen LogP contribution in [-0.4, -0.2) is 58.1 Å². The Bertz CT molecular complexity index is 949. The van der Waals surface area contributed by atoms with Crippen molar-refractivity contribution in [2.24, 2.45) is 0 Å². The highest BCUT2D eigenvalue weighted by atomic mass is 16.6. The monoisotopic (exact) mass is 430 g/mol. The molecule has 1 unspecified atom stereocenters. The van der Waals surface area contributed by atoms with E-state index in [1.54, 1.807) is 17.2 Å². The lowest BCUT2D eigenvalue weighted by Crippen LogP contribution is -2.36. The van der Waals surface area contributed by atoms with Gasteiger partial charge in [-0.3, -0.25) is 9.89 Å². The van der Waals surface area contributed by atoms with Gasteiger partial charge in [-0.05, 0) is 53.7 Å². The summed E-state index contributed by atoms with van der Waals surface area (Å²) < 4.78 is 16.0. The van der Waals surface area contributed by atoms with Gasteiger partial charge in [0.1, 0.15) is 28.9 Å². The second kappa shape index (κ2) is 9.69. The van der Waals surface area contributed by atoms with Crippen molar-refractivity contribution in [2.45, 2.75) is 65.3 Å². The number of carbonyl (C=O) groups is 2. The summed E-state index contributed by atoms with van der Waals surface area (Å²) in [5.41, 5.74) is 0.306. The van der Waals surface area contributed by atoms with Crippen LogP contribution in [0.3, 0.4) is 0 Å². The lowest BCUT2D eigenvalue weighted by atomic mass is 10.1. The van der Waals surface area contributed by atoms with Crippen molar-refractivity contribution in [3.05, 3.63) is 23.9 Å². The summed E-state index contributed by atoms with van der Waals surface area (Å²) in [5, 5.41) is 17.1. The molecule has 1 amide bonds. The highest BCUT2D eigenvalue weighted by molar-refractivity contribution is 5.86. The third-order valence-corrected chi connectivity index (χ3v) is 4.17. The number of fused-ring (bicyclic) bond motifs is 1. The Hall–Kier alpha value is -3.28. The predicted molar refractivity (Wildman–Crippen MR) is 115 cm³/mol. The summed E-state index contributed by atoms with van der Waals surface area (Å²) in [4.78, 5) is 23.4. The molecule has 1 aromatic heterocycles. The Morgan fingerprint density at radius 2 is 1.97 bits per heavy atom. The minimum Gasteiger partial charge on any atom is -0.485 e. The van der Waals surface area contributed by atoms with Crippen LogP contribution in [0.15, 0.2) is 18.3 Å². The summed E-state index contributed by atoms with van der Waals surface area (Å²) in [6, 6.07) is 5.68. The molecular weight excluding hydrogens is 400 g/mol. The molecule has 2 heterocycles. The van der Waals surface area contributed by atoms with E-state index in [9.17, 15) is 14.9 Å². The van der Waals surface area contributed by atoms with Crippen LogP contribution in [0.4, 0.5) is 4.79 Å². The van der Waals surface area contributed by atoms with Crippen LogP contribution in [0.5, 0.6) is 5.75 Å². The summed E-state index contributed by atoms with van der Waals surface area (Å²) >= 11 is 0. The maximum absolute atomic E-state index is 12.1. The van der Waals surface area contributed by atoms with Gasteiger partial charge < -0.3 is 19.1 Å². The van der Waals surface area contributed by atoms with Gasteiger partial charge >= 0.3 is 6.09 Å². The molecule has 0 aliphatic carbocycles. The molecule has 9 nitrogen and oxygen atoms in total. The molecule has 1 N–H and O–H groups in total. The molecule has 1 atom stereocenters. The van der Waals surface area contributed by atoms with E-state index in [0.717, 1.165) is 5.39 Å². The van der Waals surface area contributed by atoms with Gasteiger partial charge in [0, 0.05) is 18.4 Å². The van der Waals surface area contributed by atoms with E-state index < -0.39 is 5.60 Å². The topological polar surface area (TPSA) is 118 Å². The van der Waals surface area contributed by atoms with Gasteiger partial charge in [-0.25, -0.2) is 4.79 Å². The van der Waals surface area contributed by atoms with Crippen LogP contribution in [0, 0.1) is 11.3 Å². The van der Waals surface area contributed by atoms with E-state index >= 15 is 0 Å². The van der Waals surface area contributed by atoms with E-state index in [1.807, 2.05) is 47.6 Å². The normalized spacial score (nSPS) is 16.2. The van der Waals surface area contributed by atoms with Crippen LogP contribution in [0.1, 0.15) is 53.5 Å². The van der Waals surface area contributed by atoms with Crippen LogP contribution < -0.4 is 4.74 Å². The largest absolute Gasteiger partial charge is 0.485 e. The number of likely N-dealkylation sites (tertiary alicyclic amines) is 1. The lowest BCUT2D eigenvalue weighted by Gasteiger charge is -2.24. The number of carbonyl (C=O) groups excluding carboxylic acids is 2. The number of hydrogen-bond acceptors (Lipinski definition) is 7. The fourth-order valence-corrected chi connectivity index (χ4v) is 2.83. The number of nitrogens with one attached hydrogen (secondary N) is 1. The van der Waals surface area contributed by atoms with Gasteiger partial charge in [0.2, 0.25) is 0 Å². The van der Waals surface area contributed by atoms with Gasteiger partial charge in [0.15, 0.2) is 5.75 Å². The number of ether oxygens (including phenoxy) is 3. The number of nitriles is 1. The molecule has 168 valence electrons. The van der Waals surface area contributed by atoms with Gasteiger partial charge in [-0.1, -0.05) is 0 Å². The van der Waals surface area contributed by atoms with Crippen molar-refractivity contribution >= 4 is 23.5 Å². The summed E-state index contributed by atoms with van der Waals surface area (Å²) in [5.74, 6) is 0.489. The van der Waals surface area contributed by atoms with Crippen molar-refractivity contribution in [3.63, 3.8) is 0 Å². The van der Waals surface area contributed by atoms with Gasteiger partial charge in [-0.15, -0.1) is 0 Å². The third-order valence-electron chi connectivity index (χ3n) is 4.17. The van der Waals surface area contributed by atoms with Crippen LogP contribution in [0.25, 0.3) is 10.9 Å². The van der Waals surface area contributed by atoms with Gasteiger partial charge in [0.25, 0.3) is 6.47 Å². The third kappa shape index (κ3) is 7.17. The van der Waals surface area contributed by atoms with Crippen LogP contribution in [0.2, 0.25) is 0 Å². The van der Waals surface area contributed by atoms with Crippen molar-refractivity contribution < 1.29 is 23.8 Å². The first-order valence-electron chi connectivity index (χ1n) is 10.1. The Morgan fingerprint density at radius 1 is 1.26 bits per heavy atom. The molecule has 0 spiro atoms. The number of nitrogens with zero attached hydrogens (tertiary/aromatic N) is 3. The maximum atomic E-state index is 12.1. The standard InChI is InChI=1S/C17H20N4O3.C5H10O2/c1-17(2,3)24-16(22)21-7-6-13(10-21)23-15-11(8-18)4-5-12-9-19-20-14(12)15;1-5(2,3)7-4-6/h4-5,9,13H,6-7,10H2,1-3H3,(H,19,20);4H,1-3H3. The molecular formula is C22H30N4O5. The average molecular weight is 431 g/mol. The highest BCUT2D eigenvalue weighted by Crippen LogP contribution is 2.30. The molecule has 1 aliphatic heterocycles. The first-order valence-corrected chi connectivity index (χ1v) is 10.1. The molecule has 0 radical (unpaired) electrons. The van der Waals surface area contributed by atoms with Gasteiger partial charge in [-0.2, -0.15) is 10.4 Å². The summed E-state index contributed by atoms with van der Waals surface area (Å²) in [6.07, 6.45) is 1.85. The van der Waals surface area contributed by atoms with E-state index in [0.29, 0.717) is 42.8 Å². The zero-order valence-electron chi connectivity index (χ0n) is 18.9. The second-order valence-corrected chi connectivity index (χ2v) is 9.17. The van der Waals surface area contributed by atoms with Crippen molar-refractivity contribution in [1.82, 2.24) is 15.1 Å². The number of rotatable bonds is 3. The Balaban J connectivity index is 0.000000423. The molecule has 1 saturated heterocycles. The number of H-pyrrole nitrogens is 1. The quantitative estimate of drug-likeness (QED) is 0.736. The zero-order valence-corrected chi connectivity index (χ0v) is 18.9. The molecule has 1 fully saturated rings. The summed E-state index contributed by atoms with van der Waals surface area (Å²) in [7, 11) is 0. The van der Waals surface area contributed by atoms with Crippen molar-refractivity contribution in [2.75, 3.05) is 13.1 Å². The minimum atomic E-state index is -0.522. The Labute approximate surface area is 182 Å². The zero-order chi connectivity index (χ0) is 23.2. The van der Waals surface area contributed by atoms with E-state index in [2.05, 4.69) is 21.0 Å². The second-order valence-electron chi connectivity index (χ2n) is 9.17. The smallest absolute Gasteiger partial charge is 0.410 e. The van der Waals surface area contributed by atoms with Crippen molar-refractivity contribution in [1.29, 1.82) is 5.26 Å². The van der Waals surface area contributed by atoms with Crippen LogP contribution in [-0.2, 0) is 14.3 Å². The summed E-state index contributed by atoms with van der Waals surface area (Å²) in [6.45, 7) is 12.4.